The molecule has 0 aliphatic carbocycles. The van der Waals surface area contributed by atoms with Gasteiger partial charge in [-0.2, -0.15) is 17.7 Å². The second kappa shape index (κ2) is 8.45. The predicted octanol–water partition coefficient (Wildman–Crippen LogP) is 4.52. The lowest BCUT2D eigenvalue weighted by molar-refractivity contribution is -0.684. The third kappa shape index (κ3) is 5.20. The molecule has 148 valence electrons. The Hall–Kier alpha value is -3.19. The van der Waals surface area contributed by atoms with Crippen LogP contribution in [0.3, 0.4) is 0 Å². The lowest BCUT2D eigenvalue weighted by Crippen LogP contribution is -2.39. The molecule has 0 saturated carbocycles. The number of benzene rings is 2. The van der Waals surface area contributed by atoms with Crippen molar-refractivity contribution in [3.63, 3.8) is 0 Å². The predicted molar refractivity (Wildman–Crippen MR) is 102 cm³/mol. The average Bonchev–Trinajstić information content (AvgIpc) is 2.69. The van der Waals surface area contributed by atoms with Gasteiger partial charge in [-0.25, -0.2) is 0 Å². The molecule has 0 atom stereocenters. The van der Waals surface area contributed by atoms with Crippen LogP contribution in [0.15, 0.2) is 73.1 Å². The molecule has 1 amide bonds. The van der Waals surface area contributed by atoms with Crippen LogP contribution in [0.2, 0.25) is 5.02 Å². The second-order valence-electron chi connectivity index (χ2n) is 6.19. The van der Waals surface area contributed by atoms with E-state index in [4.69, 9.17) is 11.6 Å². The largest absolute Gasteiger partial charge is 0.416 e. The zero-order chi connectivity index (χ0) is 21.0. The van der Waals surface area contributed by atoms with Crippen LogP contribution in [-0.4, -0.2) is 11.7 Å². The van der Waals surface area contributed by atoms with E-state index in [-0.39, 0.29) is 23.0 Å². The molecule has 8 heteroatoms. The number of halogens is 4. The number of alkyl halides is 3. The van der Waals surface area contributed by atoms with E-state index < -0.39 is 17.6 Å². The summed E-state index contributed by atoms with van der Waals surface area (Å²) in [5.74, 6) is -0.712. The first-order valence-electron chi connectivity index (χ1n) is 8.49. The van der Waals surface area contributed by atoms with Gasteiger partial charge in [0.05, 0.1) is 16.3 Å². The number of pyridine rings is 1. The molecular weight excluding hydrogens is 405 g/mol. The Morgan fingerprint density at radius 1 is 0.931 bits per heavy atom. The molecule has 0 fully saturated rings. The molecule has 3 aromatic rings. The molecule has 0 spiro atoms. The van der Waals surface area contributed by atoms with Crippen molar-refractivity contribution in [1.29, 1.82) is 0 Å². The van der Waals surface area contributed by atoms with Crippen molar-refractivity contribution in [2.45, 2.75) is 12.7 Å². The Kier molecular flexibility index (Phi) is 5.98. The maximum Gasteiger partial charge on any atom is 0.416 e. The molecule has 1 aromatic heterocycles. The first-order chi connectivity index (χ1) is 13.7. The van der Waals surface area contributed by atoms with E-state index in [0.717, 1.165) is 18.2 Å². The van der Waals surface area contributed by atoms with Gasteiger partial charge < -0.3 is 5.32 Å². The number of carbonyl (C=O) groups excluding carboxylic acids is 2. The Bertz CT molecular complexity index is 1040. The maximum absolute atomic E-state index is 12.8. The lowest BCUT2D eigenvalue weighted by Gasteiger charge is -2.11. The summed E-state index contributed by atoms with van der Waals surface area (Å²) in [7, 11) is 0. The molecule has 3 rings (SSSR count). The summed E-state index contributed by atoms with van der Waals surface area (Å²) in [6, 6.07) is 14.6. The highest BCUT2D eigenvalue weighted by atomic mass is 35.5. The molecule has 1 heterocycles. The molecular formula is C21H15ClF3N2O2+. The molecule has 0 unspecified atom stereocenters. The van der Waals surface area contributed by atoms with E-state index in [1.54, 1.807) is 48.8 Å². The minimum absolute atomic E-state index is 0.000144. The summed E-state index contributed by atoms with van der Waals surface area (Å²) >= 11 is 5.88. The molecule has 0 aliphatic heterocycles. The van der Waals surface area contributed by atoms with Crippen molar-refractivity contribution in [3.05, 3.63) is 94.8 Å². The van der Waals surface area contributed by atoms with Crippen LogP contribution < -0.4 is 9.88 Å². The number of hydrogen-bond donors (Lipinski definition) is 1. The minimum Gasteiger partial charge on any atom is -0.319 e. The Labute approximate surface area is 169 Å². The number of nitrogens with one attached hydrogen (secondary N) is 1. The summed E-state index contributed by atoms with van der Waals surface area (Å²) in [5.41, 5.74) is -0.0347. The molecule has 0 aliphatic rings. The fraction of sp³-hybridized carbons (Fsp3) is 0.0952. The summed E-state index contributed by atoms with van der Waals surface area (Å²) in [5, 5.41) is 2.38. The minimum atomic E-state index is -4.54. The summed E-state index contributed by atoms with van der Waals surface area (Å²) in [4.78, 5) is 24.6. The number of ketones is 1. The maximum atomic E-state index is 12.8. The van der Waals surface area contributed by atoms with Crippen molar-refractivity contribution in [1.82, 2.24) is 0 Å². The topological polar surface area (TPSA) is 50.0 Å². The summed E-state index contributed by atoms with van der Waals surface area (Å²) in [6.07, 6.45) is -1.45. The van der Waals surface area contributed by atoms with E-state index in [9.17, 15) is 22.8 Å². The summed E-state index contributed by atoms with van der Waals surface area (Å²) in [6.45, 7) is -0.160. The van der Waals surface area contributed by atoms with Crippen LogP contribution in [0.25, 0.3) is 0 Å². The number of anilines is 1. The van der Waals surface area contributed by atoms with Gasteiger partial charge in [-0.05, 0) is 18.2 Å². The highest BCUT2D eigenvalue weighted by molar-refractivity contribution is 6.33. The van der Waals surface area contributed by atoms with Crippen LogP contribution >= 0.6 is 11.6 Å². The van der Waals surface area contributed by atoms with Crippen molar-refractivity contribution in [2.75, 3.05) is 5.32 Å². The molecule has 0 bridgehead atoms. The summed E-state index contributed by atoms with van der Waals surface area (Å²) < 4.78 is 40.0. The fourth-order valence-electron chi connectivity index (χ4n) is 2.62. The number of nitrogens with zero attached hydrogens (tertiary/aromatic N) is 1. The average molecular weight is 420 g/mol. The van der Waals surface area contributed by atoms with Gasteiger partial charge in [-0.1, -0.05) is 41.9 Å². The lowest BCUT2D eigenvalue weighted by atomic mass is 10.0. The molecule has 0 radical (unpaired) electrons. The van der Waals surface area contributed by atoms with E-state index >= 15 is 0 Å². The first-order valence-corrected chi connectivity index (χ1v) is 8.87. The molecule has 4 nitrogen and oxygen atoms in total. The van der Waals surface area contributed by atoms with Crippen LogP contribution in [-0.2, 0) is 17.5 Å². The molecule has 2 aromatic carbocycles. The molecule has 0 saturated heterocycles. The second-order valence-corrected chi connectivity index (χ2v) is 6.60. The SMILES string of the molecule is O=C(C[n+]1ccc(C(=O)c2ccccc2)cc1)Nc1cc(C(F)(F)F)ccc1Cl. The van der Waals surface area contributed by atoms with Gasteiger partial charge >= 0.3 is 6.18 Å². The zero-order valence-electron chi connectivity index (χ0n) is 14.9. The number of amides is 1. The Morgan fingerprint density at radius 3 is 2.17 bits per heavy atom. The number of rotatable bonds is 5. The third-order valence-electron chi connectivity index (χ3n) is 4.08. The Balaban J connectivity index is 1.68. The van der Waals surface area contributed by atoms with Gasteiger partial charge in [0.25, 0.3) is 5.91 Å². The van der Waals surface area contributed by atoms with Gasteiger partial charge in [-0.15, -0.1) is 0 Å². The number of aromatic nitrogens is 1. The number of hydrogen-bond acceptors (Lipinski definition) is 2. The highest BCUT2D eigenvalue weighted by Crippen LogP contribution is 2.33. The van der Waals surface area contributed by atoms with Crippen LogP contribution in [0, 0.1) is 0 Å². The van der Waals surface area contributed by atoms with Crippen LogP contribution in [0.5, 0.6) is 0 Å². The van der Waals surface area contributed by atoms with E-state index in [0.29, 0.717) is 11.1 Å². The first kappa shape index (κ1) is 20.5. The monoisotopic (exact) mass is 419 g/mol. The smallest absolute Gasteiger partial charge is 0.319 e. The van der Waals surface area contributed by atoms with Crippen molar-refractivity contribution in [3.8, 4) is 0 Å². The van der Waals surface area contributed by atoms with Gasteiger partial charge in [0.15, 0.2) is 18.2 Å². The zero-order valence-corrected chi connectivity index (χ0v) is 15.7. The van der Waals surface area contributed by atoms with E-state index in [1.165, 1.54) is 4.57 Å². The molecule has 29 heavy (non-hydrogen) atoms. The van der Waals surface area contributed by atoms with Crippen LogP contribution in [0.1, 0.15) is 21.5 Å². The van der Waals surface area contributed by atoms with Gasteiger partial charge in [0, 0.05) is 23.3 Å². The number of carbonyl (C=O) groups is 2. The quantitative estimate of drug-likeness (QED) is 0.488. The van der Waals surface area contributed by atoms with Crippen molar-refractivity contribution in [2.24, 2.45) is 0 Å². The normalized spacial score (nSPS) is 11.2. The van der Waals surface area contributed by atoms with E-state index in [2.05, 4.69) is 5.32 Å². The van der Waals surface area contributed by atoms with Crippen molar-refractivity contribution < 1.29 is 27.3 Å². The van der Waals surface area contributed by atoms with Crippen LogP contribution in [0.4, 0.5) is 18.9 Å². The fourth-order valence-corrected chi connectivity index (χ4v) is 2.79. The molecule has 1 N–H and O–H groups in total. The third-order valence-corrected chi connectivity index (χ3v) is 4.41. The van der Waals surface area contributed by atoms with Gasteiger partial charge in [-0.3, -0.25) is 9.59 Å². The standard InChI is InChI=1S/C21H14ClF3N2O2/c22-17-7-6-16(21(23,24)25)12-18(17)26-19(28)13-27-10-8-15(9-11-27)20(29)14-4-2-1-3-5-14/h1-12H,13H2/p+1. The van der Waals surface area contributed by atoms with Gasteiger partial charge in [0.1, 0.15) is 0 Å². The van der Waals surface area contributed by atoms with Gasteiger partial charge in [0.2, 0.25) is 6.54 Å². The van der Waals surface area contributed by atoms with E-state index in [1.807, 2.05) is 6.07 Å². The van der Waals surface area contributed by atoms with Crippen molar-refractivity contribution >= 4 is 29.0 Å². The Morgan fingerprint density at radius 2 is 1.55 bits per heavy atom. The highest BCUT2D eigenvalue weighted by Gasteiger charge is 2.31.